The normalized spacial score (nSPS) is 30.3. The second-order valence-corrected chi connectivity index (χ2v) is 13.9. The predicted molar refractivity (Wildman–Crippen MR) is 68.8 cm³/mol. The predicted octanol–water partition coefficient (Wildman–Crippen LogP) is 4.28. The quantitative estimate of drug-likeness (QED) is 0.559. The van der Waals surface area contributed by atoms with E-state index in [2.05, 4.69) is 6.92 Å². The summed E-state index contributed by atoms with van der Waals surface area (Å²) in [7, 11) is 0. The summed E-state index contributed by atoms with van der Waals surface area (Å²) in [5, 5.41) is 0. The summed E-state index contributed by atoms with van der Waals surface area (Å²) >= 11 is 17.7. The van der Waals surface area contributed by atoms with Crippen LogP contribution in [0.25, 0.3) is 0 Å². The first-order valence-electron chi connectivity index (χ1n) is 5.39. The van der Waals surface area contributed by atoms with Crippen molar-refractivity contribution in [3.8, 4) is 0 Å². The summed E-state index contributed by atoms with van der Waals surface area (Å²) in [6.45, 7) is 4.11. The molecule has 5 heteroatoms. The largest absolute Gasteiger partial charge is 0.341 e. The molecule has 3 unspecified atom stereocenters. The molecule has 1 fully saturated rings. The third kappa shape index (κ3) is 4.64. The Morgan fingerprint density at radius 1 is 1.40 bits per heavy atom. The Labute approximate surface area is 107 Å². The molecular formula is C10H17Cl3OSi. The van der Waals surface area contributed by atoms with E-state index in [4.69, 9.17) is 33.2 Å². The number of halogens is 3. The smallest absolute Gasteiger partial charge is 0.299 e. The van der Waals surface area contributed by atoms with Crippen LogP contribution < -0.4 is 0 Å². The Bertz CT molecular complexity index is 239. The van der Waals surface area contributed by atoms with Gasteiger partial charge in [0.1, 0.15) is 5.78 Å². The topological polar surface area (TPSA) is 17.1 Å². The van der Waals surface area contributed by atoms with Crippen LogP contribution in [0.2, 0.25) is 6.04 Å². The van der Waals surface area contributed by atoms with E-state index < -0.39 is 6.00 Å². The van der Waals surface area contributed by atoms with Gasteiger partial charge in [-0.15, -0.1) is 33.2 Å². The average Bonchev–Trinajstić information content (AvgIpc) is 2.06. The molecule has 0 N–H and O–H groups in total. The van der Waals surface area contributed by atoms with Crippen LogP contribution >= 0.6 is 33.2 Å². The Balaban J connectivity index is 2.47. The zero-order valence-corrected chi connectivity index (χ0v) is 12.4. The van der Waals surface area contributed by atoms with Gasteiger partial charge in [0.05, 0.1) is 0 Å². The van der Waals surface area contributed by atoms with Crippen molar-refractivity contribution in [2.75, 3.05) is 0 Å². The summed E-state index contributed by atoms with van der Waals surface area (Å²) in [5.41, 5.74) is 0. The van der Waals surface area contributed by atoms with Crippen molar-refractivity contribution in [2.24, 2.45) is 17.8 Å². The van der Waals surface area contributed by atoms with Crippen LogP contribution in [-0.4, -0.2) is 11.8 Å². The van der Waals surface area contributed by atoms with Gasteiger partial charge in [0.15, 0.2) is 0 Å². The number of ketones is 1. The Morgan fingerprint density at radius 3 is 2.47 bits per heavy atom. The number of carbonyl (C=O) groups excluding carboxylic acids is 1. The highest BCUT2D eigenvalue weighted by Crippen LogP contribution is 2.38. The molecule has 0 radical (unpaired) electrons. The first-order valence-corrected chi connectivity index (χ1v) is 10.6. The molecule has 0 amide bonds. The van der Waals surface area contributed by atoms with E-state index in [1.807, 2.05) is 6.92 Å². The second-order valence-electron chi connectivity index (χ2n) is 4.71. The molecule has 0 saturated heterocycles. The van der Waals surface area contributed by atoms with Crippen molar-refractivity contribution >= 4 is 45.0 Å². The standard InChI is InChI=1S/C10H17Cl3OSi/c1-7-3-4-9(5-10(7)14)8(2)6-15(11,12)13/h7-9H,3-6H2,1-2H3. The van der Waals surface area contributed by atoms with Crippen LogP contribution in [0.15, 0.2) is 0 Å². The summed E-state index contributed by atoms with van der Waals surface area (Å²) in [6.07, 6.45) is 2.77. The van der Waals surface area contributed by atoms with Crippen molar-refractivity contribution in [1.82, 2.24) is 0 Å². The van der Waals surface area contributed by atoms with Crippen LogP contribution in [0.3, 0.4) is 0 Å². The van der Waals surface area contributed by atoms with E-state index >= 15 is 0 Å². The van der Waals surface area contributed by atoms with Crippen molar-refractivity contribution in [2.45, 2.75) is 39.2 Å². The van der Waals surface area contributed by atoms with E-state index in [1.54, 1.807) is 0 Å². The number of hydrogen-bond acceptors (Lipinski definition) is 1. The highest BCUT2D eigenvalue weighted by atomic mass is 35.8. The van der Waals surface area contributed by atoms with Gasteiger partial charge in [-0.3, -0.25) is 4.79 Å². The fraction of sp³-hybridized carbons (Fsp3) is 0.900. The molecule has 1 aliphatic rings. The second kappa shape index (κ2) is 5.39. The lowest BCUT2D eigenvalue weighted by Crippen LogP contribution is -2.29. The fourth-order valence-electron chi connectivity index (χ4n) is 2.20. The highest BCUT2D eigenvalue weighted by Gasteiger charge is 2.34. The zero-order chi connectivity index (χ0) is 11.6. The first-order chi connectivity index (χ1) is 6.79. The van der Waals surface area contributed by atoms with Gasteiger partial charge in [-0.2, -0.15) is 0 Å². The van der Waals surface area contributed by atoms with Crippen LogP contribution in [0.5, 0.6) is 0 Å². The van der Waals surface area contributed by atoms with Crippen molar-refractivity contribution in [3.05, 3.63) is 0 Å². The number of Topliss-reactive ketones (excluding diaryl/α,β-unsaturated/α-hetero) is 1. The summed E-state index contributed by atoms with van der Waals surface area (Å²) in [6, 6.07) is -1.87. The van der Waals surface area contributed by atoms with Crippen LogP contribution in [-0.2, 0) is 4.79 Å². The van der Waals surface area contributed by atoms with E-state index in [1.165, 1.54) is 0 Å². The number of rotatable bonds is 3. The molecular weight excluding hydrogens is 271 g/mol. The first kappa shape index (κ1) is 13.8. The van der Waals surface area contributed by atoms with Gasteiger partial charge in [0.25, 0.3) is 0 Å². The average molecular weight is 288 g/mol. The molecule has 1 rings (SSSR count). The molecule has 1 saturated carbocycles. The van der Waals surface area contributed by atoms with E-state index in [-0.39, 0.29) is 5.92 Å². The lowest BCUT2D eigenvalue weighted by molar-refractivity contribution is -0.125. The minimum absolute atomic E-state index is 0.235. The summed E-state index contributed by atoms with van der Waals surface area (Å²) < 4.78 is 0. The number of hydrogen-bond donors (Lipinski definition) is 0. The van der Waals surface area contributed by atoms with E-state index in [9.17, 15) is 4.79 Å². The van der Waals surface area contributed by atoms with Gasteiger partial charge in [0, 0.05) is 12.3 Å². The third-order valence-corrected chi connectivity index (χ3v) is 5.84. The molecule has 0 heterocycles. The monoisotopic (exact) mass is 286 g/mol. The third-order valence-electron chi connectivity index (χ3n) is 3.34. The van der Waals surface area contributed by atoms with Crippen molar-refractivity contribution in [3.63, 3.8) is 0 Å². The van der Waals surface area contributed by atoms with Crippen molar-refractivity contribution in [1.29, 1.82) is 0 Å². The van der Waals surface area contributed by atoms with Crippen LogP contribution in [0.1, 0.15) is 33.1 Å². The van der Waals surface area contributed by atoms with Gasteiger partial charge in [-0.05, 0) is 30.7 Å². The van der Waals surface area contributed by atoms with E-state index in [0.717, 1.165) is 12.8 Å². The Kier molecular flexibility index (Phi) is 4.97. The lowest BCUT2D eigenvalue weighted by Gasteiger charge is -2.30. The highest BCUT2D eigenvalue weighted by molar-refractivity contribution is 7.64. The molecule has 0 aromatic rings. The maximum atomic E-state index is 11.6. The van der Waals surface area contributed by atoms with Gasteiger partial charge in [0.2, 0.25) is 0 Å². The fourth-order valence-corrected chi connectivity index (χ4v) is 5.46. The van der Waals surface area contributed by atoms with E-state index in [0.29, 0.717) is 30.1 Å². The molecule has 88 valence electrons. The molecule has 0 aliphatic heterocycles. The van der Waals surface area contributed by atoms with Crippen molar-refractivity contribution < 1.29 is 4.79 Å². The molecule has 1 nitrogen and oxygen atoms in total. The molecule has 0 aromatic heterocycles. The number of carbonyl (C=O) groups is 1. The summed E-state index contributed by atoms with van der Waals surface area (Å²) in [4.78, 5) is 11.6. The van der Waals surface area contributed by atoms with Gasteiger partial charge in [-0.25, -0.2) is 0 Å². The summed E-state index contributed by atoms with van der Waals surface area (Å²) in [5.74, 6) is 1.40. The minimum Gasteiger partial charge on any atom is -0.299 e. The van der Waals surface area contributed by atoms with Crippen LogP contribution in [0, 0.1) is 17.8 Å². The lowest BCUT2D eigenvalue weighted by atomic mass is 9.77. The molecule has 0 aromatic carbocycles. The minimum atomic E-state index is -2.54. The maximum absolute atomic E-state index is 11.6. The molecule has 0 bridgehead atoms. The van der Waals surface area contributed by atoms with Gasteiger partial charge in [-0.1, -0.05) is 13.8 Å². The molecule has 15 heavy (non-hydrogen) atoms. The Morgan fingerprint density at radius 2 is 2.00 bits per heavy atom. The van der Waals surface area contributed by atoms with Crippen LogP contribution in [0.4, 0.5) is 0 Å². The SMILES string of the molecule is CC1CCC(C(C)C[Si](Cl)(Cl)Cl)CC1=O. The molecule has 1 aliphatic carbocycles. The van der Waals surface area contributed by atoms with Gasteiger partial charge < -0.3 is 0 Å². The van der Waals surface area contributed by atoms with Gasteiger partial charge >= 0.3 is 6.00 Å². The Hall–Kier alpha value is 0.757. The molecule has 0 spiro atoms. The maximum Gasteiger partial charge on any atom is 0.341 e. The zero-order valence-electron chi connectivity index (χ0n) is 9.10. The molecule has 3 atom stereocenters.